The standard InChI is InChI=1S/C11H9BrClN3/c1-7-10(12)11(15-6-14-7)16-9-4-2-8(13)3-5-9/h2-6H,1H3,(H,14,15,16). The lowest BCUT2D eigenvalue weighted by Gasteiger charge is -2.08. The average Bonchev–Trinajstić information content (AvgIpc) is 2.28. The molecule has 0 fully saturated rings. The highest BCUT2D eigenvalue weighted by atomic mass is 79.9. The Morgan fingerprint density at radius 2 is 1.88 bits per heavy atom. The number of benzene rings is 1. The Kier molecular flexibility index (Phi) is 3.41. The van der Waals surface area contributed by atoms with Gasteiger partial charge in [0.15, 0.2) is 0 Å². The van der Waals surface area contributed by atoms with E-state index in [0.717, 1.165) is 21.7 Å². The van der Waals surface area contributed by atoms with Crippen LogP contribution in [0.15, 0.2) is 35.1 Å². The number of nitrogens with zero attached hydrogens (tertiary/aromatic N) is 2. The summed E-state index contributed by atoms with van der Waals surface area (Å²) in [6.45, 7) is 1.92. The zero-order valence-electron chi connectivity index (χ0n) is 8.54. The van der Waals surface area contributed by atoms with Crippen molar-refractivity contribution in [2.75, 3.05) is 5.32 Å². The molecule has 0 atom stereocenters. The Hall–Kier alpha value is -1.13. The van der Waals surface area contributed by atoms with Crippen LogP contribution in [0.5, 0.6) is 0 Å². The van der Waals surface area contributed by atoms with Crippen LogP contribution in [0.4, 0.5) is 11.5 Å². The van der Waals surface area contributed by atoms with Gasteiger partial charge < -0.3 is 5.32 Å². The van der Waals surface area contributed by atoms with Crippen LogP contribution < -0.4 is 5.32 Å². The lowest BCUT2D eigenvalue weighted by atomic mass is 10.3. The maximum atomic E-state index is 5.81. The Labute approximate surface area is 107 Å². The molecule has 5 heteroatoms. The molecule has 0 amide bonds. The van der Waals surface area contributed by atoms with Crippen LogP contribution in [0.3, 0.4) is 0 Å². The van der Waals surface area contributed by atoms with E-state index in [1.54, 1.807) is 0 Å². The highest BCUT2D eigenvalue weighted by Gasteiger charge is 2.04. The molecule has 1 N–H and O–H groups in total. The van der Waals surface area contributed by atoms with Gasteiger partial charge in [-0.05, 0) is 47.1 Å². The minimum Gasteiger partial charge on any atom is -0.339 e. The fourth-order valence-corrected chi connectivity index (χ4v) is 1.64. The molecule has 0 aliphatic carbocycles. The molecule has 1 aromatic carbocycles. The monoisotopic (exact) mass is 297 g/mol. The molecule has 3 nitrogen and oxygen atoms in total. The van der Waals surface area contributed by atoms with E-state index in [2.05, 4.69) is 31.2 Å². The first-order valence-corrected chi connectivity index (χ1v) is 5.83. The van der Waals surface area contributed by atoms with E-state index in [4.69, 9.17) is 11.6 Å². The Bertz CT molecular complexity index is 499. The number of hydrogen-bond acceptors (Lipinski definition) is 3. The van der Waals surface area contributed by atoms with Crippen LogP contribution in [0.1, 0.15) is 5.69 Å². The molecule has 16 heavy (non-hydrogen) atoms. The third kappa shape index (κ3) is 2.51. The second-order valence-electron chi connectivity index (χ2n) is 3.25. The third-order valence-electron chi connectivity index (χ3n) is 2.07. The SMILES string of the molecule is Cc1ncnc(Nc2ccc(Cl)cc2)c1Br. The van der Waals surface area contributed by atoms with Crippen molar-refractivity contribution in [3.63, 3.8) is 0 Å². The summed E-state index contributed by atoms with van der Waals surface area (Å²) in [5, 5.41) is 3.90. The molecule has 0 unspecified atom stereocenters. The summed E-state index contributed by atoms with van der Waals surface area (Å²) in [4.78, 5) is 8.23. The third-order valence-corrected chi connectivity index (χ3v) is 3.27. The minimum absolute atomic E-state index is 0.712. The maximum Gasteiger partial charge on any atom is 0.148 e. The molecule has 1 aromatic heterocycles. The summed E-state index contributed by atoms with van der Waals surface area (Å²) < 4.78 is 0.866. The van der Waals surface area contributed by atoms with E-state index in [1.807, 2.05) is 31.2 Å². The summed E-state index contributed by atoms with van der Waals surface area (Å²) >= 11 is 9.25. The van der Waals surface area contributed by atoms with Gasteiger partial charge in [-0.25, -0.2) is 9.97 Å². The summed E-state index contributed by atoms with van der Waals surface area (Å²) in [6.07, 6.45) is 1.53. The molecule has 2 aromatic rings. The lowest BCUT2D eigenvalue weighted by molar-refractivity contribution is 1.09. The molecule has 0 aliphatic heterocycles. The highest BCUT2D eigenvalue weighted by molar-refractivity contribution is 9.10. The predicted octanol–water partition coefficient (Wildman–Crippen LogP) is 3.94. The van der Waals surface area contributed by atoms with Crippen molar-refractivity contribution < 1.29 is 0 Å². The molecule has 0 saturated carbocycles. The molecular formula is C11H9BrClN3. The van der Waals surface area contributed by atoms with Crippen molar-refractivity contribution in [2.24, 2.45) is 0 Å². The van der Waals surface area contributed by atoms with Crippen molar-refractivity contribution in [1.82, 2.24) is 9.97 Å². The van der Waals surface area contributed by atoms with Crippen molar-refractivity contribution >= 4 is 39.0 Å². The predicted molar refractivity (Wildman–Crippen MR) is 69.2 cm³/mol. The van der Waals surface area contributed by atoms with Gasteiger partial charge in [-0.1, -0.05) is 11.6 Å². The van der Waals surface area contributed by atoms with Crippen LogP contribution in [0.2, 0.25) is 5.02 Å². The van der Waals surface area contributed by atoms with Crippen LogP contribution in [-0.4, -0.2) is 9.97 Å². The first kappa shape index (κ1) is 11.4. The van der Waals surface area contributed by atoms with Crippen LogP contribution >= 0.6 is 27.5 Å². The fraction of sp³-hybridized carbons (Fsp3) is 0.0909. The van der Waals surface area contributed by atoms with E-state index >= 15 is 0 Å². The number of halogens is 2. The molecule has 0 saturated heterocycles. The van der Waals surface area contributed by atoms with E-state index in [1.165, 1.54) is 6.33 Å². The molecule has 0 bridgehead atoms. The number of aromatic nitrogens is 2. The van der Waals surface area contributed by atoms with E-state index in [0.29, 0.717) is 5.02 Å². The molecule has 0 radical (unpaired) electrons. The second-order valence-corrected chi connectivity index (χ2v) is 4.48. The fourth-order valence-electron chi connectivity index (χ4n) is 1.21. The summed E-state index contributed by atoms with van der Waals surface area (Å²) in [5.74, 6) is 0.745. The van der Waals surface area contributed by atoms with Crippen LogP contribution in [0, 0.1) is 6.92 Å². The number of nitrogens with one attached hydrogen (secondary N) is 1. The summed E-state index contributed by atoms with van der Waals surface area (Å²) in [7, 11) is 0. The molecule has 82 valence electrons. The Morgan fingerprint density at radius 3 is 2.56 bits per heavy atom. The maximum absolute atomic E-state index is 5.81. The second kappa shape index (κ2) is 4.80. The Morgan fingerprint density at radius 1 is 1.19 bits per heavy atom. The summed E-state index contributed by atoms with van der Waals surface area (Å²) in [5.41, 5.74) is 1.83. The lowest BCUT2D eigenvalue weighted by Crippen LogP contribution is -1.97. The van der Waals surface area contributed by atoms with Crippen LogP contribution in [0.25, 0.3) is 0 Å². The zero-order chi connectivity index (χ0) is 11.5. The van der Waals surface area contributed by atoms with E-state index in [-0.39, 0.29) is 0 Å². The van der Waals surface area contributed by atoms with Gasteiger partial charge in [-0.3, -0.25) is 0 Å². The van der Waals surface area contributed by atoms with Crippen molar-refractivity contribution in [2.45, 2.75) is 6.92 Å². The van der Waals surface area contributed by atoms with Crippen molar-refractivity contribution in [3.05, 3.63) is 45.8 Å². The van der Waals surface area contributed by atoms with Gasteiger partial charge in [-0.2, -0.15) is 0 Å². The smallest absolute Gasteiger partial charge is 0.148 e. The van der Waals surface area contributed by atoms with Gasteiger partial charge in [-0.15, -0.1) is 0 Å². The van der Waals surface area contributed by atoms with Crippen LogP contribution in [-0.2, 0) is 0 Å². The number of hydrogen-bond donors (Lipinski definition) is 1. The van der Waals surface area contributed by atoms with Gasteiger partial charge in [0.25, 0.3) is 0 Å². The highest BCUT2D eigenvalue weighted by Crippen LogP contribution is 2.25. The molecule has 0 aliphatic rings. The largest absolute Gasteiger partial charge is 0.339 e. The first-order valence-electron chi connectivity index (χ1n) is 4.66. The average molecular weight is 299 g/mol. The zero-order valence-corrected chi connectivity index (χ0v) is 10.9. The summed E-state index contributed by atoms with van der Waals surface area (Å²) in [6, 6.07) is 7.44. The molecule has 1 heterocycles. The van der Waals surface area contributed by atoms with Gasteiger partial charge >= 0.3 is 0 Å². The number of aryl methyl sites for hydroxylation is 1. The topological polar surface area (TPSA) is 37.8 Å². The van der Waals surface area contributed by atoms with Gasteiger partial charge in [0, 0.05) is 10.7 Å². The van der Waals surface area contributed by atoms with Crippen molar-refractivity contribution in [1.29, 1.82) is 0 Å². The molecule has 2 rings (SSSR count). The van der Waals surface area contributed by atoms with E-state index in [9.17, 15) is 0 Å². The van der Waals surface area contributed by atoms with Gasteiger partial charge in [0.1, 0.15) is 12.1 Å². The van der Waals surface area contributed by atoms with Crippen molar-refractivity contribution in [3.8, 4) is 0 Å². The quantitative estimate of drug-likeness (QED) is 0.912. The first-order chi connectivity index (χ1) is 7.66. The van der Waals surface area contributed by atoms with Gasteiger partial charge in [0.2, 0.25) is 0 Å². The number of rotatable bonds is 2. The van der Waals surface area contributed by atoms with Gasteiger partial charge in [0.05, 0.1) is 10.2 Å². The number of anilines is 2. The molecule has 0 spiro atoms. The van der Waals surface area contributed by atoms with E-state index < -0.39 is 0 Å². The molecular weight excluding hydrogens is 289 g/mol. The Balaban J connectivity index is 2.27. The minimum atomic E-state index is 0.712. The normalized spacial score (nSPS) is 10.2.